The highest BCUT2D eigenvalue weighted by atomic mass is 32.2. The maximum Gasteiger partial charge on any atom is 0.263 e. The van der Waals surface area contributed by atoms with Crippen LogP contribution in [0, 0.1) is 0 Å². The van der Waals surface area contributed by atoms with Gasteiger partial charge in [-0.05, 0) is 19.1 Å². The number of aromatic amines is 2. The van der Waals surface area contributed by atoms with Gasteiger partial charge in [-0.15, -0.1) is 0 Å². The monoisotopic (exact) mass is 251 g/mol. The number of rotatable bonds is 4. The predicted octanol–water partition coefficient (Wildman–Crippen LogP) is 0.954. The smallest absolute Gasteiger partial charge is 0.263 e. The average Bonchev–Trinajstić information content (AvgIpc) is 2.96. The second-order valence-electron chi connectivity index (χ2n) is 4.29. The molecule has 90 valence electrons. The lowest BCUT2D eigenvalue weighted by molar-refractivity contribution is 0.926. The molecule has 1 saturated carbocycles. The second-order valence-corrected chi connectivity index (χ2v) is 5.56. The summed E-state index contributed by atoms with van der Waals surface area (Å²) in [5.41, 5.74) is 0.352. The maximum absolute atomic E-state index is 11.7. The molecule has 2 heterocycles. The van der Waals surface area contributed by atoms with Gasteiger partial charge in [-0.2, -0.15) is 21.8 Å². The van der Waals surface area contributed by atoms with E-state index in [0.717, 1.165) is 6.54 Å². The van der Waals surface area contributed by atoms with Gasteiger partial charge in [-0.1, -0.05) is 0 Å². The van der Waals surface area contributed by atoms with Crippen molar-refractivity contribution in [3.63, 3.8) is 0 Å². The lowest BCUT2D eigenvalue weighted by Crippen LogP contribution is -2.21. The van der Waals surface area contributed by atoms with Crippen LogP contribution < -0.4 is 10.9 Å². The first-order chi connectivity index (χ1) is 8.22. The van der Waals surface area contributed by atoms with E-state index in [0.29, 0.717) is 21.7 Å². The lowest BCUT2D eigenvalue weighted by Gasteiger charge is -2.12. The van der Waals surface area contributed by atoms with Crippen molar-refractivity contribution < 1.29 is 0 Å². The molecule has 1 aliphatic rings. The Kier molecular flexibility index (Phi) is 2.36. The minimum absolute atomic E-state index is 0.166. The molecular formula is C10H13N5OS. The van der Waals surface area contributed by atoms with Crippen LogP contribution in [0.15, 0.2) is 11.0 Å². The van der Waals surface area contributed by atoms with Gasteiger partial charge in [0.1, 0.15) is 5.39 Å². The summed E-state index contributed by atoms with van der Waals surface area (Å²) in [7, 11) is 0. The molecule has 2 aromatic heterocycles. The molecular weight excluding hydrogens is 238 g/mol. The standard InChI is InChI=1S/C10H13N5OS/c1-17-10(2-3-10)5-11-9-13-7-6(4-12-15-7)8(16)14-9/h4H,2-3,5H2,1H3,(H3,11,12,13,14,15,16). The van der Waals surface area contributed by atoms with Crippen molar-refractivity contribution in [1.29, 1.82) is 0 Å². The summed E-state index contributed by atoms with van der Waals surface area (Å²) in [6.07, 6.45) is 6.04. The fourth-order valence-corrected chi connectivity index (χ4v) is 2.49. The number of thioether (sulfide) groups is 1. The molecule has 3 rings (SSSR count). The Morgan fingerprint density at radius 1 is 1.59 bits per heavy atom. The van der Waals surface area contributed by atoms with Crippen LogP contribution in [-0.2, 0) is 0 Å². The van der Waals surface area contributed by atoms with E-state index < -0.39 is 0 Å². The van der Waals surface area contributed by atoms with Gasteiger partial charge in [0.05, 0.1) is 6.20 Å². The van der Waals surface area contributed by atoms with E-state index in [1.54, 1.807) is 0 Å². The minimum Gasteiger partial charge on any atom is -0.354 e. The number of fused-ring (bicyclic) bond motifs is 1. The zero-order valence-corrected chi connectivity index (χ0v) is 10.2. The van der Waals surface area contributed by atoms with Crippen LogP contribution in [0.4, 0.5) is 5.95 Å². The Bertz CT molecular complexity index is 600. The molecule has 0 spiro atoms. The quantitative estimate of drug-likeness (QED) is 0.753. The van der Waals surface area contributed by atoms with Crippen molar-refractivity contribution in [2.45, 2.75) is 17.6 Å². The van der Waals surface area contributed by atoms with Crippen LogP contribution in [-0.4, -0.2) is 37.7 Å². The third kappa shape index (κ3) is 1.90. The molecule has 0 saturated heterocycles. The van der Waals surface area contributed by atoms with Crippen LogP contribution in [0.3, 0.4) is 0 Å². The molecule has 1 fully saturated rings. The molecule has 0 unspecified atom stereocenters. The normalized spacial score (nSPS) is 17.2. The Labute approximate surface area is 102 Å². The van der Waals surface area contributed by atoms with Gasteiger partial charge in [-0.25, -0.2) is 0 Å². The number of H-pyrrole nitrogens is 2. The largest absolute Gasteiger partial charge is 0.354 e. The summed E-state index contributed by atoms with van der Waals surface area (Å²) >= 11 is 1.86. The Hall–Kier alpha value is -1.50. The third-order valence-corrected chi connectivity index (χ3v) is 4.56. The number of anilines is 1. The van der Waals surface area contributed by atoms with Gasteiger partial charge in [0.2, 0.25) is 5.95 Å². The molecule has 1 aliphatic carbocycles. The van der Waals surface area contributed by atoms with E-state index in [9.17, 15) is 4.79 Å². The molecule has 0 aliphatic heterocycles. The fraction of sp³-hybridized carbons (Fsp3) is 0.500. The number of aromatic nitrogens is 4. The summed E-state index contributed by atoms with van der Waals surface area (Å²) in [5, 5.41) is 10.2. The van der Waals surface area contributed by atoms with Crippen molar-refractivity contribution in [3.8, 4) is 0 Å². The molecule has 2 aromatic rings. The highest BCUT2D eigenvalue weighted by Gasteiger charge is 2.41. The van der Waals surface area contributed by atoms with Gasteiger partial charge in [0.15, 0.2) is 5.65 Å². The van der Waals surface area contributed by atoms with Gasteiger partial charge in [0, 0.05) is 11.3 Å². The van der Waals surface area contributed by atoms with E-state index >= 15 is 0 Å². The molecule has 0 atom stereocenters. The number of hydrogen-bond donors (Lipinski definition) is 3. The molecule has 6 nitrogen and oxygen atoms in total. The van der Waals surface area contributed by atoms with Gasteiger partial charge < -0.3 is 5.32 Å². The Morgan fingerprint density at radius 2 is 2.41 bits per heavy atom. The highest BCUT2D eigenvalue weighted by Crippen LogP contribution is 2.46. The van der Waals surface area contributed by atoms with Crippen molar-refractivity contribution in [3.05, 3.63) is 16.6 Å². The molecule has 7 heteroatoms. The SMILES string of the molecule is CSC1(CNc2nc3[nH]ncc3c(=O)[nH]2)CC1. The van der Waals surface area contributed by atoms with Crippen LogP contribution in [0.5, 0.6) is 0 Å². The van der Waals surface area contributed by atoms with Crippen LogP contribution in [0.2, 0.25) is 0 Å². The summed E-state index contributed by atoms with van der Waals surface area (Å²) < 4.78 is 0.335. The number of nitrogens with zero attached hydrogens (tertiary/aromatic N) is 2. The summed E-state index contributed by atoms with van der Waals surface area (Å²) in [6, 6.07) is 0. The second kappa shape index (κ2) is 3.76. The molecule has 0 bridgehead atoms. The van der Waals surface area contributed by atoms with Gasteiger partial charge in [0.25, 0.3) is 5.56 Å². The average molecular weight is 251 g/mol. The fourth-order valence-electron chi connectivity index (χ4n) is 1.77. The molecule has 17 heavy (non-hydrogen) atoms. The first-order valence-corrected chi connectivity index (χ1v) is 6.67. The van der Waals surface area contributed by atoms with E-state index in [2.05, 4.69) is 31.7 Å². The van der Waals surface area contributed by atoms with Crippen molar-refractivity contribution in [2.24, 2.45) is 0 Å². The zero-order valence-electron chi connectivity index (χ0n) is 9.41. The topological polar surface area (TPSA) is 86.5 Å². The molecule has 3 N–H and O–H groups in total. The van der Waals surface area contributed by atoms with Gasteiger partial charge in [-0.3, -0.25) is 14.9 Å². The van der Waals surface area contributed by atoms with Crippen molar-refractivity contribution >= 4 is 28.7 Å². The molecule has 0 amide bonds. The Morgan fingerprint density at radius 3 is 3.12 bits per heavy atom. The van der Waals surface area contributed by atoms with Crippen LogP contribution in [0.1, 0.15) is 12.8 Å². The maximum atomic E-state index is 11.7. The first-order valence-electron chi connectivity index (χ1n) is 5.45. The molecule has 0 radical (unpaired) electrons. The summed E-state index contributed by atoms with van der Waals surface area (Å²) in [4.78, 5) is 18.7. The Balaban J connectivity index is 1.83. The van der Waals surface area contributed by atoms with Gasteiger partial charge >= 0.3 is 0 Å². The van der Waals surface area contributed by atoms with Crippen molar-refractivity contribution in [1.82, 2.24) is 20.2 Å². The first kappa shape index (κ1) is 10.6. The van der Waals surface area contributed by atoms with E-state index in [1.807, 2.05) is 11.8 Å². The summed E-state index contributed by atoms with van der Waals surface area (Å²) in [5.74, 6) is 0.507. The van der Waals surface area contributed by atoms with E-state index in [-0.39, 0.29) is 5.56 Å². The number of nitrogens with one attached hydrogen (secondary N) is 3. The molecule has 0 aromatic carbocycles. The predicted molar refractivity (Wildman–Crippen MR) is 68.5 cm³/mol. The van der Waals surface area contributed by atoms with Crippen LogP contribution in [0.25, 0.3) is 11.0 Å². The highest BCUT2D eigenvalue weighted by molar-refractivity contribution is 8.00. The zero-order chi connectivity index (χ0) is 11.9. The lowest BCUT2D eigenvalue weighted by atomic mass is 10.4. The summed E-state index contributed by atoms with van der Waals surface area (Å²) in [6.45, 7) is 0.830. The van der Waals surface area contributed by atoms with Crippen molar-refractivity contribution in [2.75, 3.05) is 18.1 Å². The van der Waals surface area contributed by atoms with Crippen LogP contribution >= 0.6 is 11.8 Å². The van der Waals surface area contributed by atoms with E-state index in [1.165, 1.54) is 19.0 Å². The number of hydrogen-bond acceptors (Lipinski definition) is 5. The third-order valence-electron chi connectivity index (χ3n) is 3.14. The van der Waals surface area contributed by atoms with E-state index in [4.69, 9.17) is 0 Å². The minimum atomic E-state index is -0.166.